The van der Waals surface area contributed by atoms with Crippen LogP contribution in [0.1, 0.15) is 53.5 Å². The minimum atomic E-state index is -1.09. The van der Waals surface area contributed by atoms with Gasteiger partial charge >= 0.3 is 6.09 Å². The number of benzene rings is 2. The number of aryl methyl sites for hydroxylation is 1. The maximum Gasteiger partial charge on any atom is 0.404 e. The molecular formula is C25H30FN3O4S. The molecule has 182 valence electrons. The molecule has 0 radical (unpaired) electrons. The maximum absolute atomic E-state index is 13.4. The van der Waals surface area contributed by atoms with Crippen LogP contribution >= 0.6 is 11.8 Å². The maximum atomic E-state index is 13.4. The molecule has 0 aromatic heterocycles. The summed E-state index contributed by atoms with van der Waals surface area (Å²) in [6, 6.07) is 11.3. The van der Waals surface area contributed by atoms with Gasteiger partial charge in [0.15, 0.2) is 0 Å². The summed E-state index contributed by atoms with van der Waals surface area (Å²) in [6.07, 6.45) is 0.525. The predicted octanol–water partition coefficient (Wildman–Crippen LogP) is 4.72. The molecule has 0 aliphatic carbocycles. The number of nitrogens with zero attached hydrogens (tertiary/aromatic N) is 1. The predicted molar refractivity (Wildman–Crippen MR) is 132 cm³/mol. The van der Waals surface area contributed by atoms with Crippen molar-refractivity contribution in [1.29, 1.82) is 0 Å². The van der Waals surface area contributed by atoms with Crippen LogP contribution in [0, 0.1) is 18.2 Å². The first-order valence-electron chi connectivity index (χ1n) is 11.2. The lowest BCUT2D eigenvalue weighted by molar-refractivity contribution is -0.115. The number of hydrogen-bond donors (Lipinski definition) is 3. The SMILES string of the molecule is CCCC(C)(CNC(=O)O)CNC(=O)c1ccc(N2C(=O)CSC2c2ccc(F)cc2)c(C)c1. The first kappa shape index (κ1) is 25.6. The summed E-state index contributed by atoms with van der Waals surface area (Å²) in [5.74, 6) is -0.306. The van der Waals surface area contributed by atoms with Gasteiger partial charge in [0.05, 0.1) is 5.75 Å². The molecular weight excluding hydrogens is 457 g/mol. The standard InChI is InChI=1S/C25H30FN3O4S/c1-4-11-25(3,15-28-24(32)33)14-27-22(31)18-7-10-20(16(2)12-18)29-21(30)13-34-23(29)17-5-8-19(26)9-6-17/h5-10,12,23,28H,4,11,13-15H2,1-3H3,(H,27,31)(H,32,33). The number of amides is 3. The average molecular weight is 488 g/mol. The molecule has 3 N–H and O–H groups in total. The number of carbonyl (C=O) groups is 3. The van der Waals surface area contributed by atoms with Crippen molar-refractivity contribution in [2.45, 2.75) is 39.0 Å². The van der Waals surface area contributed by atoms with Gasteiger partial charge in [-0.2, -0.15) is 0 Å². The van der Waals surface area contributed by atoms with Gasteiger partial charge in [0, 0.05) is 29.8 Å². The molecule has 3 amide bonds. The first-order valence-corrected chi connectivity index (χ1v) is 12.2. The van der Waals surface area contributed by atoms with Crippen LogP contribution < -0.4 is 15.5 Å². The highest BCUT2D eigenvalue weighted by molar-refractivity contribution is 8.00. The zero-order valence-corrected chi connectivity index (χ0v) is 20.4. The molecule has 3 rings (SSSR count). The van der Waals surface area contributed by atoms with Crippen molar-refractivity contribution in [3.05, 3.63) is 65.0 Å². The van der Waals surface area contributed by atoms with Gasteiger partial charge in [-0.15, -0.1) is 11.8 Å². The third-order valence-corrected chi connectivity index (χ3v) is 7.15. The Hall–Kier alpha value is -3.07. The fraction of sp³-hybridized carbons (Fsp3) is 0.400. The van der Waals surface area contributed by atoms with E-state index >= 15 is 0 Å². The van der Waals surface area contributed by atoms with E-state index in [0.717, 1.165) is 24.0 Å². The van der Waals surface area contributed by atoms with Crippen LogP contribution in [0.3, 0.4) is 0 Å². The van der Waals surface area contributed by atoms with Crippen LogP contribution in [-0.4, -0.2) is 41.9 Å². The Morgan fingerprint density at radius 1 is 1.18 bits per heavy atom. The van der Waals surface area contributed by atoms with E-state index in [0.29, 0.717) is 23.5 Å². The Labute approximate surface area is 203 Å². The highest BCUT2D eigenvalue weighted by Gasteiger charge is 2.35. The van der Waals surface area contributed by atoms with Crippen LogP contribution in [0.5, 0.6) is 0 Å². The molecule has 1 aliphatic heterocycles. The summed E-state index contributed by atoms with van der Waals surface area (Å²) in [5, 5.41) is 14.0. The second kappa shape index (κ2) is 10.9. The van der Waals surface area contributed by atoms with Crippen LogP contribution in [0.25, 0.3) is 0 Å². The molecule has 7 nitrogen and oxygen atoms in total. The third kappa shape index (κ3) is 6.08. The van der Waals surface area contributed by atoms with E-state index in [-0.39, 0.29) is 29.6 Å². The molecule has 0 bridgehead atoms. The van der Waals surface area contributed by atoms with Crippen molar-refractivity contribution < 1.29 is 23.9 Å². The van der Waals surface area contributed by atoms with Crippen LogP contribution in [0.4, 0.5) is 14.9 Å². The third-order valence-electron chi connectivity index (χ3n) is 5.94. The largest absolute Gasteiger partial charge is 0.465 e. The summed E-state index contributed by atoms with van der Waals surface area (Å²) in [7, 11) is 0. The second-order valence-corrected chi connectivity index (χ2v) is 9.95. The molecule has 1 aliphatic rings. The van der Waals surface area contributed by atoms with E-state index in [1.165, 1.54) is 23.9 Å². The van der Waals surface area contributed by atoms with Gasteiger partial charge in [0.25, 0.3) is 5.91 Å². The summed E-state index contributed by atoms with van der Waals surface area (Å²) in [4.78, 5) is 38.1. The van der Waals surface area contributed by atoms with Gasteiger partial charge in [-0.3, -0.25) is 14.5 Å². The Morgan fingerprint density at radius 2 is 1.85 bits per heavy atom. The molecule has 1 fully saturated rings. The fourth-order valence-corrected chi connectivity index (χ4v) is 5.32. The summed E-state index contributed by atoms with van der Waals surface area (Å²) < 4.78 is 13.4. The molecule has 1 saturated heterocycles. The summed E-state index contributed by atoms with van der Waals surface area (Å²) in [5.41, 5.74) is 2.38. The minimum Gasteiger partial charge on any atom is -0.465 e. The Morgan fingerprint density at radius 3 is 2.47 bits per heavy atom. The highest BCUT2D eigenvalue weighted by Crippen LogP contribution is 2.42. The van der Waals surface area contributed by atoms with E-state index in [1.807, 2.05) is 20.8 Å². The molecule has 2 atom stereocenters. The van der Waals surface area contributed by atoms with Crippen molar-refractivity contribution in [1.82, 2.24) is 10.6 Å². The Balaban J connectivity index is 1.74. The number of hydrogen-bond acceptors (Lipinski definition) is 4. The lowest BCUT2D eigenvalue weighted by atomic mass is 9.85. The van der Waals surface area contributed by atoms with Crippen molar-refractivity contribution in [3.63, 3.8) is 0 Å². The molecule has 1 heterocycles. The number of nitrogens with one attached hydrogen (secondary N) is 2. The molecule has 9 heteroatoms. The number of carbonyl (C=O) groups excluding carboxylic acids is 2. The van der Waals surface area contributed by atoms with E-state index in [4.69, 9.17) is 5.11 Å². The molecule has 34 heavy (non-hydrogen) atoms. The van der Waals surface area contributed by atoms with Crippen LogP contribution in [0.15, 0.2) is 42.5 Å². The zero-order chi connectivity index (χ0) is 24.9. The second-order valence-electron chi connectivity index (χ2n) is 8.88. The monoisotopic (exact) mass is 487 g/mol. The zero-order valence-electron chi connectivity index (χ0n) is 19.6. The summed E-state index contributed by atoms with van der Waals surface area (Å²) in [6.45, 7) is 6.37. The summed E-state index contributed by atoms with van der Waals surface area (Å²) >= 11 is 1.48. The number of carboxylic acid groups (broad SMARTS) is 1. The highest BCUT2D eigenvalue weighted by atomic mass is 32.2. The number of halogens is 1. The normalized spacial score (nSPS) is 17.4. The number of rotatable bonds is 9. The van der Waals surface area contributed by atoms with Gasteiger partial charge in [-0.1, -0.05) is 32.4 Å². The minimum absolute atomic E-state index is 0.0408. The fourth-order valence-electron chi connectivity index (χ4n) is 4.15. The van der Waals surface area contributed by atoms with Crippen molar-refractivity contribution in [2.24, 2.45) is 5.41 Å². The van der Waals surface area contributed by atoms with E-state index in [2.05, 4.69) is 10.6 Å². The lowest BCUT2D eigenvalue weighted by Crippen LogP contribution is -2.43. The lowest BCUT2D eigenvalue weighted by Gasteiger charge is -2.29. The molecule has 2 aromatic carbocycles. The smallest absolute Gasteiger partial charge is 0.404 e. The number of anilines is 1. The van der Waals surface area contributed by atoms with Gasteiger partial charge in [0.1, 0.15) is 11.2 Å². The number of thioether (sulfide) groups is 1. The quantitative estimate of drug-likeness (QED) is 0.476. The van der Waals surface area contributed by atoms with Crippen LogP contribution in [-0.2, 0) is 4.79 Å². The Bertz CT molecular complexity index is 1060. The molecule has 2 unspecified atom stereocenters. The van der Waals surface area contributed by atoms with Crippen LogP contribution in [0.2, 0.25) is 0 Å². The van der Waals surface area contributed by atoms with E-state index < -0.39 is 11.5 Å². The van der Waals surface area contributed by atoms with Gasteiger partial charge in [-0.25, -0.2) is 9.18 Å². The van der Waals surface area contributed by atoms with E-state index in [1.54, 1.807) is 35.2 Å². The van der Waals surface area contributed by atoms with Gasteiger partial charge in [0.2, 0.25) is 5.91 Å². The first-order chi connectivity index (χ1) is 16.1. The van der Waals surface area contributed by atoms with Gasteiger partial charge in [-0.05, 0) is 54.8 Å². The topological polar surface area (TPSA) is 98.7 Å². The van der Waals surface area contributed by atoms with Crippen molar-refractivity contribution in [2.75, 3.05) is 23.7 Å². The van der Waals surface area contributed by atoms with Gasteiger partial charge < -0.3 is 15.7 Å². The van der Waals surface area contributed by atoms with Crippen molar-refractivity contribution >= 4 is 35.4 Å². The molecule has 2 aromatic rings. The average Bonchev–Trinajstić information content (AvgIpc) is 3.18. The molecule has 0 saturated carbocycles. The van der Waals surface area contributed by atoms with E-state index in [9.17, 15) is 18.8 Å². The molecule has 0 spiro atoms. The Kier molecular flexibility index (Phi) is 8.19. The van der Waals surface area contributed by atoms with Crippen molar-refractivity contribution in [3.8, 4) is 0 Å².